The molecular formula is C15H20BrNO3. The highest BCUT2D eigenvalue weighted by Crippen LogP contribution is 2.20. The maximum absolute atomic E-state index is 12.1. The molecule has 1 rings (SSSR count). The van der Waals surface area contributed by atoms with Crippen molar-refractivity contribution in [3.63, 3.8) is 0 Å². The van der Waals surface area contributed by atoms with Crippen molar-refractivity contribution in [1.29, 1.82) is 0 Å². The van der Waals surface area contributed by atoms with E-state index in [0.29, 0.717) is 5.56 Å². The van der Waals surface area contributed by atoms with Gasteiger partial charge in [0.05, 0.1) is 0 Å². The molecule has 0 aromatic heterocycles. The summed E-state index contributed by atoms with van der Waals surface area (Å²) in [5, 5.41) is 11.9. The van der Waals surface area contributed by atoms with Crippen LogP contribution in [0.5, 0.6) is 0 Å². The zero-order valence-electron chi connectivity index (χ0n) is 11.9. The topological polar surface area (TPSA) is 66.4 Å². The van der Waals surface area contributed by atoms with Crippen molar-refractivity contribution >= 4 is 27.8 Å². The lowest BCUT2D eigenvalue weighted by Gasteiger charge is -2.21. The highest BCUT2D eigenvalue weighted by atomic mass is 79.9. The minimum atomic E-state index is -1.06. The van der Waals surface area contributed by atoms with E-state index < -0.39 is 12.0 Å². The van der Waals surface area contributed by atoms with Crippen LogP contribution in [0, 0.1) is 11.8 Å². The van der Waals surface area contributed by atoms with Crippen molar-refractivity contribution in [2.45, 2.75) is 33.2 Å². The molecule has 0 spiro atoms. The van der Waals surface area contributed by atoms with Gasteiger partial charge in [-0.1, -0.05) is 55.3 Å². The molecule has 0 radical (unpaired) electrons. The van der Waals surface area contributed by atoms with Crippen LogP contribution in [0.4, 0.5) is 0 Å². The Morgan fingerprint density at radius 3 is 2.25 bits per heavy atom. The number of carboxylic acids is 1. The zero-order valence-corrected chi connectivity index (χ0v) is 13.5. The van der Waals surface area contributed by atoms with Gasteiger partial charge < -0.3 is 10.4 Å². The molecule has 1 amide bonds. The van der Waals surface area contributed by atoms with Crippen LogP contribution in [0.15, 0.2) is 28.7 Å². The Kier molecular flexibility index (Phi) is 6.20. The molecule has 0 aliphatic heterocycles. The molecular weight excluding hydrogens is 322 g/mol. The summed E-state index contributed by atoms with van der Waals surface area (Å²) in [6.45, 7) is 5.82. The first-order valence-electron chi connectivity index (χ1n) is 6.65. The first-order chi connectivity index (χ1) is 9.36. The summed E-state index contributed by atoms with van der Waals surface area (Å²) >= 11 is 3.30. The molecule has 0 bridgehead atoms. The van der Waals surface area contributed by atoms with Gasteiger partial charge >= 0.3 is 5.97 Å². The van der Waals surface area contributed by atoms with E-state index in [1.165, 1.54) is 0 Å². The molecule has 0 heterocycles. The summed E-state index contributed by atoms with van der Waals surface area (Å²) in [5.41, 5.74) is 0.561. The number of halogens is 1. The van der Waals surface area contributed by atoms with E-state index in [2.05, 4.69) is 21.2 Å². The highest BCUT2D eigenvalue weighted by Gasteiger charge is 2.26. The number of nitrogens with one attached hydrogen (secondary N) is 1. The monoisotopic (exact) mass is 341 g/mol. The number of hydrogen-bond donors (Lipinski definition) is 2. The van der Waals surface area contributed by atoms with Crippen LogP contribution in [0.25, 0.3) is 0 Å². The van der Waals surface area contributed by atoms with Crippen molar-refractivity contribution in [1.82, 2.24) is 5.32 Å². The van der Waals surface area contributed by atoms with Crippen LogP contribution in [0.1, 0.15) is 38.8 Å². The van der Waals surface area contributed by atoms with Gasteiger partial charge in [-0.2, -0.15) is 0 Å². The fourth-order valence-electron chi connectivity index (χ4n) is 1.83. The number of rotatable bonds is 6. The quantitative estimate of drug-likeness (QED) is 0.833. The van der Waals surface area contributed by atoms with E-state index in [0.717, 1.165) is 10.9 Å². The number of amides is 1. The molecule has 0 saturated carbocycles. The second-order valence-electron chi connectivity index (χ2n) is 5.01. The van der Waals surface area contributed by atoms with Crippen molar-refractivity contribution in [2.75, 3.05) is 0 Å². The summed E-state index contributed by atoms with van der Waals surface area (Å²) in [4.78, 5) is 23.5. The predicted molar refractivity (Wildman–Crippen MR) is 81.3 cm³/mol. The standard InChI is InChI=1S/C15H20BrNO3/c1-4-9(2)10(3)14(18)17-13(15(19)20)11-5-7-12(16)8-6-11/h5-10,13H,4H2,1-3H3,(H,17,18)(H,19,20). The Morgan fingerprint density at radius 2 is 1.80 bits per heavy atom. The Labute approximate surface area is 127 Å². The first-order valence-corrected chi connectivity index (χ1v) is 7.44. The SMILES string of the molecule is CCC(C)C(C)C(=O)NC(C(=O)O)c1ccc(Br)cc1. The van der Waals surface area contributed by atoms with E-state index in [-0.39, 0.29) is 17.7 Å². The van der Waals surface area contributed by atoms with E-state index >= 15 is 0 Å². The average Bonchev–Trinajstić information content (AvgIpc) is 2.43. The molecule has 4 nitrogen and oxygen atoms in total. The van der Waals surface area contributed by atoms with Gasteiger partial charge in [0.25, 0.3) is 0 Å². The van der Waals surface area contributed by atoms with Gasteiger partial charge in [0.15, 0.2) is 6.04 Å². The minimum Gasteiger partial charge on any atom is -0.479 e. The molecule has 3 unspecified atom stereocenters. The molecule has 20 heavy (non-hydrogen) atoms. The number of aliphatic carboxylic acids is 1. The third kappa shape index (κ3) is 4.34. The maximum Gasteiger partial charge on any atom is 0.330 e. The number of benzene rings is 1. The van der Waals surface area contributed by atoms with Gasteiger partial charge in [0.1, 0.15) is 0 Å². The van der Waals surface area contributed by atoms with Crippen molar-refractivity contribution < 1.29 is 14.7 Å². The summed E-state index contributed by atoms with van der Waals surface area (Å²) in [7, 11) is 0. The second kappa shape index (κ2) is 7.43. The lowest BCUT2D eigenvalue weighted by Crippen LogP contribution is -2.38. The Balaban J connectivity index is 2.86. The summed E-state index contributed by atoms with van der Waals surface area (Å²) in [5.74, 6) is -1.28. The van der Waals surface area contributed by atoms with Crippen LogP contribution in [-0.2, 0) is 9.59 Å². The molecule has 3 atom stereocenters. The van der Waals surface area contributed by atoms with Crippen LogP contribution in [-0.4, -0.2) is 17.0 Å². The molecule has 1 aromatic carbocycles. The number of carbonyl (C=O) groups is 2. The van der Waals surface area contributed by atoms with Crippen LogP contribution >= 0.6 is 15.9 Å². The van der Waals surface area contributed by atoms with Gasteiger partial charge in [0, 0.05) is 10.4 Å². The molecule has 5 heteroatoms. The van der Waals surface area contributed by atoms with Gasteiger partial charge in [-0.05, 0) is 23.6 Å². The van der Waals surface area contributed by atoms with Gasteiger partial charge in [-0.25, -0.2) is 4.79 Å². The van der Waals surface area contributed by atoms with E-state index in [9.17, 15) is 14.7 Å². The third-order valence-corrected chi connectivity index (χ3v) is 4.18. The van der Waals surface area contributed by atoms with Crippen LogP contribution in [0.3, 0.4) is 0 Å². The number of hydrogen-bond acceptors (Lipinski definition) is 2. The Hall–Kier alpha value is -1.36. The largest absolute Gasteiger partial charge is 0.479 e. The first kappa shape index (κ1) is 16.7. The average molecular weight is 342 g/mol. The van der Waals surface area contributed by atoms with Gasteiger partial charge in [-0.15, -0.1) is 0 Å². The fourth-order valence-corrected chi connectivity index (χ4v) is 2.09. The van der Waals surface area contributed by atoms with Crippen molar-refractivity contribution in [2.24, 2.45) is 11.8 Å². The number of carboxylic acid groups (broad SMARTS) is 1. The molecule has 1 aromatic rings. The zero-order chi connectivity index (χ0) is 15.3. The predicted octanol–water partition coefficient (Wildman–Crippen LogP) is 3.37. The van der Waals surface area contributed by atoms with E-state index in [1.807, 2.05) is 20.8 Å². The van der Waals surface area contributed by atoms with Gasteiger partial charge in [0.2, 0.25) is 5.91 Å². The molecule has 0 aliphatic carbocycles. The van der Waals surface area contributed by atoms with Crippen molar-refractivity contribution in [3.05, 3.63) is 34.3 Å². The Bertz CT molecular complexity index is 473. The highest BCUT2D eigenvalue weighted by molar-refractivity contribution is 9.10. The number of carbonyl (C=O) groups excluding carboxylic acids is 1. The molecule has 0 aliphatic rings. The fraction of sp³-hybridized carbons (Fsp3) is 0.467. The normalized spacial score (nSPS) is 15.2. The second-order valence-corrected chi connectivity index (χ2v) is 5.92. The maximum atomic E-state index is 12.1. The van der Waals surface area contributed by atoms with E-state index in [4.69, 9.17) is 0 Å². The summed E-state index contributed by atoms with van der Waals surface area (Å²) in [6, 6.07) is 5.89. The van der Waals surface area contributed by atoms with Gasteiger partial charge in [-0.3, -0.25) is 4.79 Å². The lowest BCUT2D eigenvalue weighted by molar-refractivity contribution is -0.142. The molecule has 0 fully saturated rings. The molecule has 0 saturated heterocycles. The third-order valence-electron chi connectivity index (χ3n) is 3.65. The lowest BCUT2D eigenvalue weighted by atomic mass is 9.92. The van der Waals surface area contributed by atoms with Crippen LogP contribution < -0.4 is 5.32 Å². The minimum absolute atomic E-state index is 0.211. The van der Waals surface area contributed by atoms with Crippen molar-refractivity contribution in [3.8, 4) is 0 Å². The smallest absolute Gasteiger partial charge is 0.330 e. The molecule has 2 N–H and O–H groups in total. The Morgan fingerprint density at radius 1 is 1.25 bits per heavy atom. The summed E-state index contributed by atoms with van der Waals surface area (Å²) < 4.78 is 0.865. The van der Waals surface area contributed by atoms with E-state index in [1.54, 1.807) is 24.3 Å². The summed E-state index contributed by atoms with van der Waals surface area (Å²) in [6.07, 6.45) is 0.880. The van der Waals surface area contributed by atoms with Crippen LogP contribution in [0.2, 0.25) is 0 Å². The molecule has 110 valence electrons.